The molecular formula is C25H32N4O3S. The Balaban J connectivity index is 1.45. The van der Waals surface area contributed by atoms with Gasteiger partial charge in [-0.3, -0.25) is 9.59 Å². The number of likely N-dealkylation sites (tertiary alicyclic amines) is 1. The van der Waals surface area contributed by atoms with Gasteiger partial charge in [-0.05, 0) is 54.9 Å². The van der Waals surface area contributed by atoms with Crippen molar-refractivity contribution >= 4 is 29.4 Å². The van der Waals surface area contributed by atoms with Crippen LogP contribution in [0.5, 0.6) is 0 Å². The molecule has 1 saturated heterocycles. The van der Waals surface area contributed by atoms with Crippen molar-refractivity contribution < 1.29 is 9.59 Å². The fraction of sp³-hybridized carbons (Fsp3) is 0.480. The van der Waals surface area contributed by atoms with Crippen LogP contribution in [0.3, 0.4) is 0 Å². The van der Waals surface area contributed by atoms with Crippen molar-refractivity contribution in [1.29, 1.82) is 0 Å². The van der Waals surface area contributed by atoms with Gasteiger partial charge in [0.25, 0.3) is 5.56 Å². The zero-order valence-corrected chi connectivity index (χ0v) is 20.1. The van der Waals surface area contributed by atoms with Crippen molar-refractivity contribution in [3.05, 3.63) is 64.1 Å². The summed E-state index contributed by atoms with van der Waals surface area (Å²) in [6.07, 6.45) is 4.36. The number of aryl methyl sites for hydroxylation is 1. The van der Waals surface area contributed by atoms with Gasteiger partial charge in [0.2, 0.25) is 5.91 Å². The highest BCUT2D eigenvalue weighted by molar-refractivity contribution is 7.98. The molecule has 3 heterocycles. The van der Waals surface area contributed by atoms with Gasteiger partial charge in [-0.15, -0.1) is 0 Å². The lowest BCUT2D eigenvalue weighted by atomic mass is 9.83. The standard InChI is InChI=1S/C25H32N4O3S/c1-3-18-7-4-5-8-20(18)26-24(31)21(11-12-33-2)27-25(32)28-14-17-13-19(16-28)22-9-6-10-23(30)29(22)15-17/h4-10,17,19,21H,3,11-16H2,1-2H3,(H,26,31)(H,27,32)/t17-,19+,21+/m1/s1. The van der Waals surface area contributed by atoms with Crippen molar-refractivity contribution in [2.75, 3.05) is 30.4 Å². The summed E-state index contributed by atoms with van der Waals surface area (Å²) in [5.74, 6) is 0.978. The van der Waals surface area contributed by atoms with E-state index in [1.54, 1.807) is 23.9 Å². The lowest BCUT2D eigenvalue weighted by Gasteiger charge is -2.43. The molecule has 176 valence electrons. The number of piperidine rings is 1. The number of rotatable bonds is 7. The molecule has 1 aromatic heterocycles. The number of anilines is 1. The van der Waals surface area contributed by atoms with Gasteiger partial charge in [-0.2, -0.15) is 11.8 Å². The number of nitrogens with zero attached hydrogens (tertiary/aromatic N) is 2. The van der Waals surface area contributed by atoms with Crippen LogP contribution in [-0.4, -0.2) is 52.5 Å². The Morgan fingerprint density at radius 1 is 1.12 bits per heavy atom. The summed E-state index contributed by atoms with van der Waals surface area (Å²) < 4.78 is 1.86. The van der Waals surface area contributed by atoms with Crippen LogP contribution < -0.4 is 16.2 Å². The predicted molar refractivity (Wildman–Crippen MR) is 133 cm³/mol. The van der Waals surface area contributed by atoms with Crippen molar-refractivity contribution in [1.82, 2.24) is 14.8 Å². The maximum absolute atomic E-state index is 13.2. The molecule has 1 fully saturated rings. The van der Waals surface area contributed by atoms with Crippen molar-refractivity contribution in [3.8, 4) is 0 Å². The SMILES string of the molecule is CCc1ccccc1NC(=O)[C@H](CCSC)NC(=O)N1C[C@H]2C[C@@H](C1)c1cccc(=O)n1C2. The maximum atomic E-state index is 13.2. The van der Waals surface area contributed by atoms with E-state index in [9.17, 15) is 14.4 Å². The average Bonchev–Trinajstić information content (AvgIpc) is 2.82. The number of hydrogen-bond acceptors (Lipinski definition) is 4. The van der Waals surface area contributed by atoms with Crippen molar-refractivity contribution in [2.45, 2.75) is 44.7 Å². The molecule has 0 radical (unpaired) electrons. The topological polar surface area (TPSA) is 83.4 Å². The van der Waals surface area contributed by atoms with Crippen LogP contribution in [0.15, 0.2) is 47.3 Å². The van der Waals surface area contributed by atoms with Crippen LogP contribution in [0.1, 0.15) is 36.9 Å². The summed E-state index contributed by atoms with van der Waals surface area (Å²) in [5, 5.41) is 6.02. The van der Waals surface area contributed by atoms with Gasteiger partial charge in [0.05, 0.1) is 0 Å². The number of nitrogens with one attached hydrogen (secondary N) is 2. The summed E-state index contributed by atoms with van der Waals surface area (Å²) in [4.78, 5) is 40.4. The number of fused-ring (bicyclic) bond motifs is 4. The van der Waals surface area contributed by atoms with E-state index in [-0.39, 0.29) is 29.3 Å². The number of carbonyl (C=O) groups excluding carboxylic acids is 2. The lowest BCUT2D eigenvalue weighted by molar-refractivity contribution is -0.118. The van der Waals surface area contributed by atoms with E-state index < -0.39 is 6.04 Å². The van der Waals surface area contributed by atoms with Gasteiger partial charge < -0.3 is 20.1 Å². The molecule has 0 unspecified atom stereocenters. The zero-order chi connectivity index (χ0) is 23.4. The van der Waals surface area contributed by atoms with Crippen LogP contribution in [0.25, 0.3) is 0 Å². The molecule has 33 heavy (non-hydrogen) atoms. The van der Waals surface area contributed by atoms with Crippen molar-refractivity contribution in [3.63, 3.8) is 0 Å². The molecule has 2 N–H and O–H groups in total. The number of para-hydroxylation sites is 1. The first-order chi connectivity index (χ1) is 16.0. The molecule has 0 saturated carbocycles. The molecule has 1 aromatic carbocycles. The number of benzene rings is 1. The number of carbonyl (C=O) groups is 2. The third-order valence-electron chi connectivity index (χ3n) is 6.65. The van der Waals surface area contributed by atoms with E-state index in [2.05, 4.69) is 17.6 Å². The first-order valence-corrected chi connectivity index (χ1v) is 13.0. The lowest BCUT2D eigenvalue weighted by Crippen LogP contribution is -2.55. The first kappa shape index (κ1) is 23.4. The number of amides is 3. The summed E-state index contributed by atoms with van der Waals surface area (Å²) >= 11 is 1.65. The Kier molecular flexibility index (Phi) is 7.42. The Morgan fingerprint density at radius 2 is 1.94 bits per heavy atom. The molecule has 3 atom stereocenters. The Hall–Kier alpha value is -2.74. The highest BCUT2D eigenvalue weighted by Crippen LogP contribution is 2.34. The minimum Gasteiger partial charge on any atom is -0.326 e. The highest BCUT2D eigenvalue weighted by atomic mass is 32.2. The summed E-state index contributed by atoms with van der Waals surface area (Å²) in [7, 11) is 0. The zero-order valence-electron chi connectivity index (χ0n) is 19.3. The Labute approximate surface area is 198 Å². The summed E-state index contributed by atoms with van der Waals surface area (Å²) in [6, 6.07) is 12.3. The largest absolute Gasteiger partial charge is 0.326 e. The second kappa shape index (κ2) is 10.5. The van der Waals surface area contributed by atoms with E-state index in [4.69, 9.17) is 0 Å². The molecule has 3 amide bonds. The number of thioether (sulfide) groups is 1. The molecule has 8 heteroatoms. The maximum Gasteiger partial charge on any atom is 0.318 e. The number of urea groups is 1. The van der Waals surface area contributed by atoms with Gasteiger partial charge in [0.15, 0.2) is 0 Å². The van der Waals surface area contributed by atoms with Crippen LogP contribution in [0, 0.1) is 5.92 Å². The molecule has 2 bridgehead atoms. The number of hydrogen-bond donors (Lipinski definition) is 2. The van der Waals surface area contributed by atoms with Gasteiger partial charge in [0.1, 0.15) is 6.04 Å². The van der Waals surface area contributed by atoms with E-state index in [1.165, 1.54) is 0 Å². The van der Waals surface area contributed by atoms with E-state index >= 15 is 0 Å². The molecular weight excluding hydrogens is 436 g/mol. The van der Waals surface area contributed by atoms with Crippen LogP contribution >= 0.6 is 11.8 Å². The van der Waals surface area contributed by atoms with E-state index in [0.29, 0.717) is 26.1 Å². The van der Waals surface area contributed by atoms with Crippen LogP contribution in [0.4, 0.5) is 10.5 Å². The minimum atomic E-state index is -0.605. The second-order valence-corrected chi connectivity index (χ2v) is 9.87. The molecule has 2 aliphatic rings. The quantitative estimate of drug-likeness (QED) is 0.653. The van der Waals surface area contributed by atoms with E-state index in [0.717, 1.165) is 35.5 Å². The number of pyridine rings is 1. The smallest absolute Gasteiger partial charge is 0.318 e. The highest BCUT2D eigenvalue weighted by Gasteiger charge is 2.37. The molecule has 4 rings (SSSR count). The normalized spacial score (nSPS) is 20.0. The average molecular weight is 469 g/mol. The first-order valence-electron chi connectivity index (χ1n) is 11.6. The third-order valence-corrected chi connectivity index (χ3v) is 7.29. The fourth-order valence-corrected chi connectivity index (χ4v) is 5.45. The Bertz CT molecular complexity index is 1070. The molecule has 0 aliphatic carbocycles. The minimum absolute atomic E-state index is 0.0289. The van der Waals surface area contributed by atoms with Crippen molar-refractivity contribution in [2.24, 2.45) is 5.92 Å². The fourth-order valence-electron chi connectivity index (χ4n) is 4.98. The third kappa shape index (κ3) is 5.27. The van der Waals surface area contributed by atoms with E-state index in [1.807, 2.05) is 46.1 Å². The molecule has 0 spiro atoms. The monoisotopic (exact) mass is 468 g/mol. The second-order valence-electron chi connectivity index (χ2n) is 8.89. The summed E-state index contributed by atoms with van der Waals surface area (Å²) in [5.41, 5.74) is 2.90. The van der Waals surface area contributed by atoms with Gasteiger partial charge >= 0.3 is 6.03 Å². The van der Waals surface area contributed by atoms with Gasteiger partial charge in [-0.1, -0.05) is 31.2 Å². The van der Waals surface area contributed by atoms with Gasteiger partial charge in [-0.25, -0.2) is 4.79 Å². The predicted octanol–water partition coefficient (Wildman–Crippen LogP) is 3.30. The van der Waals surface area contributed by atoms with Crippen LogP contribution in [-0.2, 0) is 17.8 Å². The number of aromatic nitrogens is 1. The molecule has 2 aliphatic heterocycles. The van der Waals surface area contributed by atoms with Crippen LogP contribution in [0.2, 0.25) is 0 Å². The summed E-state index contributed by atoms with van der Waals surface area (Å²) in [6.45, 7) is 3.84. The van der Waals surface area contributed by atoms with Gasteiger partial charge in [0, 0.05) is 43.0 Å². The molecule has 7 nitrogen and oxygen atoms in total. The molecule has 2 aromatic rings. The Morgan fingerprint density at radius 3 is 2.73 bits per heavy atom.